The first-order chi connectivity index (χ1) is 7.53. The van der Waals surface area contributed by atoms with E-state index in [9.17, 15) is 13.2 Å². The van der Waals surface area contributed by atoms with Crippen molar-refractivity contribution in [3.8, 4) is 0 Å². The molecule has 1 aliphatic rings. The maximum Gasteiger partial charge on any atom is 0.390 e. The molecule has 1 saturated carbocycles. The first kappa shape index (κ1) is 14.3. The lowest BCUT2D eigenvalue weighted by Crippen LogP contribution is -2.40. The van der Waals surface area contributed by atoms with Gasteiger partial charge in [-0.2, -0.15) is 13.2 Å². The summed E-state index contributed by atoms with van der Waals surface area (Å²) in [5.41, 5.74) is 0. The lowest BCUT2D eigenvalue weighted by Gasteiger charge is -2.34. The van der Waals surface area contributed by atoms with Crippen LogP contribution in [0.15, 0.2) is 0 Å². The van der Waals surface area contributed by atoms with Crippen LogP contribution in [0.5, 0.6) is 0 Å². The number of nitrogens with zero attached hydrogens (tertiary/aromatic N) is 1. The maximum atomic E-state index is 12.2. The van der Waals surface area contributed by atoms with E-state index in [-0.39, 0.29) is 6.54 Å². The molecule has 1 aliphatic carbocycles. The predicted octanol–water partition coefficient (Wildman–Crippen LogP) is 3.97. The normalized spacial score (nSPS) is 19.3. The van der Waals surface area contributed by atoms with Crippen LogP contribution in [0.3, 0.4) is 0 Å². The third kappa shape index (κ3) is 5.53. The second-order valence-electron chi connectivity index (χ2n) is 4.38. The zero-order chi connectivity index (χ0) is 12.0. The minimum absolute atomic E-state index is 0.153. The Morgan fingerprint density at radius 3 is 2.19 bits per heavy atom. The smallest absolute Gasteiger partial charge is 0.299 e. The summed E-state index contributed by atoms with van der Waals surface area (Å²) in [7, 11) is 0. The van der Waals surface area contributed by atoms with E-state index < -0.39 is 12.6 Å². The molecule has 0 unspecified atom stereocenters. The van der Waals surface area contributed by atoms with Crippen LogP contribution in [0.4, 0.5) is 13.2 Å². The topological polar surface area (TPSA) is 3.24 Å². The van der Waals surface area contributed by atoms with E-state index in [4.69, 9.17) is 0 Å². The van der Waals surface area contributed by atoms with Gasteiger partial charge < -0.3 is 0 Å². The zero-order valence-corrected chi connectivity index (χ0v) is 11.0. The first-order valence-electron chi connectivity index (χ1n) is 5.89. The molecule has 1 rings (SSSR count). The van der Waals surface area contributed by atoms with Crippen molar-refractivity contribution < 1.29 is 13.2 Å². The molecule has 0 atom stereocenters. The van der Waals surface area contributed by atoms with Crippen LogP contribution < -0.4 is 0 Å². The van der Waals surface area contributed by atoms with Gasteiger partial charge in [-0.25, -0.2) is 0 Å². The van der Waals surface area contributed by atoms with Gasteiger partial charge in [-0.05, 0) is 12.8 Å². The summed E-state index contributed by atoms with van der Waals surface area (Å²) in [5.74, 6) is 0. The van der Waals surface area contributed by atoms with Crippen molar-refractivity contribution in [2.45, 2.75) is 50.7 Å². The molecule has 0 amide bonds. The summed E-state index contributed by atoms with van der Waals surface area (Å²) in [6.07, 6.45) is 0.967. The fourth-order valence-corrected chi connectivity index (χ4v) is 2.76. The molecule has 0 bridgehead atoms. The Balaban J connectivity index is 2.39. The Morgan fingerprint density at radius 2 is 1.69 bits per heavy atom. The van der Waals surface area contributed by atoms with E-state index in [0.29, 0.717) is 6.04 Å². The quantitative estimate of drug-likeness (QED) is 0.695. The first-order valence-corrected chi connectivity index (χ1v) is 7.02. The van der Waals surface area contributed by atoms with Crippen LogP contribution in [-0.2, 0) is 0 Å². The molecule has 0 N–H and O–H groups in total. The minimum atomic E-state index is -4.03. The highest BCUT2D eigenvalue weighted by Gasteiger charge is 2.29. The van der Waals surface area contributed by atoms with Crippen molar-refractivity contribution in [3.63, 3.8) is 0 Å². The number of hydrogen-bond acceptors (Lipinski definition) is 1. The fourth-order valence-electron chi connectivity index (χ4n) is 2.30. The Morgan fingerprint density at radius 1 is 1.06 bits per heavy atom. The predicted molar refractivity (Wildman–Crippen MR) is 62.9 cm³/mol. The van der Waals surface area contributed by atoms with Crippen molar-refractivity contribution in [1.29, 1.82) is 0 Å². The molecule has 0 radical (unpaired) electrons. The van der Waals surface area contributed by atoms with Crippen LogP contribution in [0.1, 0.15) is 38.5 Å². The van der Waals surface area contributed by atoms with Gasteiger partial charge in [0.05, 0.1) is 6.42 Å². The fraction of sp³-hybridized carbons (Fsp3) is 1.00. The highest BCUT2D eigenvalue weighted by molar-refractivity contribution is 9.09. The van der Waals surface area contributed by atoms with E-state index in [1.807, 2.05) is 4.90 Å². The number of alkyl halides is 4. The van der Waals surface area contributed by atoms with Crippen molar-refractivity contribution in [1.82, 2.24) is 4.90 Å². The van der Waals surface area contributed by atoms with Crippen molar-refractivity contribution >= 4 is 15.9 Å². The van der Waals surface area contributed by atoms with Crippen LogP contribution in [0.2, 0.25) is 0 Å². The Labute approximate surface area is 104 Å². The van der Waals surface area contributed by atoms with Gasteiger partial charge in [-0.1, -0.05) is 35.2 Å². The lowest BCUT2D eigenvalue weighted by molar-refractivity contribution is -0.139. The van der Waals surface area contributed by atoms with Gasteiger partial charge in [-0.15, -0.1) is 0 Å². The molecule has 1 nitrogen and oxygen atoms in total. The molecule has 0 aliphatic heterocycles. The third-order valence-corrected chi connectivity index (χ3v) is 3.50. The molecule has 0 spiro atoms. The monoisotopic (exact) mass is 301 g/mol. The zero-order valence-electron chi connectivity index (χ0n) is 9.40. The van der Waals surface area contributed by atoms with E-state index in [2.05, 4.69) is 15.9 Å². The average Bonchev–Trinajstić information content (AvgIpc) is 2.24. The van der Waals surface area contributed by atoms with Crippen LogP contribution in [0, 0.1) is 0 Å². The summed E-state index contributed by atoms with van der Waals surface area (Å²) in [5, 5.41) is 0.751. The molecule has 16 heavy (non-hydrogen) atoms. The molecule has 0 aromatic carbocycles. The summed E-state index contributed by atoms with van der Waals surface area (Å²) in [6, 6.07) is 0.369. The molecular weight excluding hydrogens is 283 g/mol. The van der Waals surface area contributed by atoms with E-state index >= 15 is 0 Å². The van der Waals surface area contributed by atoms with Crippen molar-refractivity contribution in [2.75, 3.05) is 18.4 Å². The second kappa shape index (κ2) is 6.84. The Kier molecular flexibility index (Phi) is 6.11. The molecule has 0 aromatic heterocycles. The highest BCUT2D eigenvalue weighted by Crippen LogP contribution is 2.25. The molecule has 0 saturated heterocycles. The molecule has 0 heterocycles. The second-order valence-corrected chi connectivity index (χ2v) is 5.17. The van der Waals surface area contributed by atoms with Crippen molar-refractivity contribution in [2.24, 2.45) is 0 Å². The van der Waals surface area contributed by atoms with Gasteiger partial charge in [0.2, 0.25) is 0 Å². The van der Waals surface area contributed by atoms with E-state index in [1.54, 1.807) is 0 Å². The number of halogens is 4. The molecular formula is C11H19BrF3N. The van der Waals surface area contributed by atoms with Gasteiger partial charge in [0, 0.05) is 24.5 Å². The van der Waals surface area contributed by atoms with Gasteiger partial charge >= 0.3 is 6.18 Å². The molecule has 96 valence electrons. The Bertz CT molecular complexity index is 190. The standard InChI is InChI=1S/C11H19BrF3N/c12-7-9-16(8-6-11(13,14)15)10-4-2-1-3-5-10/h10H,1-9H2. The van der Waals surface area contributed by atoms with Gasteiger partial charge in [0.1, 0.15) is 0 Å². The maximum absolute atomic E-state index is 12.2. The summed E-state index contributed by atoms with van der Waals surface area (Å²) in [4.78, 5) is 2.00. The Hall–Kier alpha value is 0.230. The van der Waals surface area contributed by atoms with Crippen molar-refractivity contribution in [3.05, 3.63) is 0 Å². The van der Waals surface area contributed by atoms with Gasteiger partial charge in [0.25, 0.3) is 0 Å². The van der Waals surface area contributed by atoms with Crippen LogP contribution in [0.25, 0.3) is 0 Å². The van der Waals surface area contributed by atoms with Gasteiger partial charge in [-0.3, -0.25) is 4.90 Å². The summed E-state index contributed by atoms with van der Waals surface area (Å²) < 4.78 is 36.6. The highest BCUT2D eigenvalue weighted by atomic mass is 79.9. The lowest BCUT2D eigenvalue weighted by atomic mass is 9.94. The van der Waals surface area contributed by atoms with Crippen LogP contribution >= 0.6 is 15.9 Å². The summed E-state index contributed by atoms with van der Waals surface area (Å²) >= 11 is 3.31. The minimum Gasteiger partial charge on any atom is -0.299 e. The number of rotatable bonds is 5. The SMILES string of the molecule is FC(F)(F)CCN(CCBr)C1CCCCC1. The van der Waals surface area contributed by atoms with E-state index in [1.165, 1.54) is 6.42 Å². The molecule has 0 aromatic rings. The molecule has 1 fully saturated rings. The number of hydrogen-bond donors (Lipinski definition) is 0. The van der Waals surface area contributed by atoms with E-state index in [0.717, 1.165) is 37.6 Å². The van der Waals surface area contributed by atoms with Crippen LogP contribution in [-0.4, -0.2) is 35.5 Å². The van der Waals surface area contributed by atoms with Gasteiger partial charge in [0.15, 0.2) is 0 Å². The molecule has 5 heteroatoms. The third-order valence-electron chi connectivity index (χ3n) is 3.15. The summed E-state index contributed by atoms with van der Waals surface area (Å²) in [6.45, 7) is 0.876. The largest absolute Gasteiger partial charge is 0.390 e. The average molecular weight is 302 g/mol.